The van der Waals surface area contributed by atoms with Gasteiger partial charge in [0.25, 0.3) is 0 Å². The third kappa shape index (κ3) is 6.20. The van der Waals surface area contributed by atoms with E-state index in [1.165, 1.54) is 0 Å². The molecule has 1 atom stereocenters. The number of carboxylic acids is 1. The van der Waals surface area contributed by atoms with Crippen LogP contribution >= 0.6 is 0 Å². The van der Waals surface area contributed by atoms with Gasteiger partial charge in [0.05, 0.1) is 6.61 Å². The van der Waals surface area contributed by atoms with Crippen molar-refractivity contribution in [2.24, 2.45) is 0 Å². The molecule has 0 spiro atoms. The largest absolute Gasteiger partial charge is 0.480 e. The van der Waals surface area contributed by atoms with Crippen LogP contribution in [0.25, 0.3) is 0 Å². The van der Waals surface area contributed by atoms with Crippen LogP contribution in [0.15, 0.2) is 0 Å². The molecule has 0 fully saturated rings. The number of nitrogens with one attached hydrogen (secondary N) is 1. The number of likely N-dealkylation sites (N-methyl/N-ethyl adjacent to an activating group) is 1. The molecule has 0 aliphatic carbocycles. The standard InChI is InChI=1S/C15H32N2O3/c1-6-13(7-2)17(11-12-20-5)10-8-9-15(3,16-4)14(18)19/h13,16H,6-12H2,1-5H3,(H,18,19). The van der Waals surface area contributed by atoms with E-state index in [9.17, 15) is 9.90 Å². The summed E-state index contributed by atoms with van der Waals surface area (Å²) in [4.78, 5) is 13.7. The molecule has 0 saturated heterocycles. The highest BCUT2D eigenvalue weighted by Gasteiger charge is 2.30. The van der Waals surface area contributed by atoms with Crippen molar-refractivity contribution in [3.8, 4) is 0 Å². The Morgan fingerprint density at radius 1 is 1.35 bits per heavy atom. The minimum atomic E-state index is -0.832. The zero-order chi connectivity index (χ0) is 15.6. The Morgan fingerprint density at radius 2 is 1.95 bits per heavy atom. The molecule has 0 saturated carbocycles. The fourth-order valence-electron chi connectivity index (χ4n) is 2.47. The van der Waals surface area contributed by atoms with Crippen molar-refractivity contribution in [1.82, 2.24) is 10.2 Å². The van der Waals surface area contributed by atoms with Gasteiger partial charge in [-0.1, -0.05) is 13.8 Å². The first kappa shape index (κ1) is 19.4. The van der Waals surface area contributed by atoms with E-state index < -0.39 is 11.5 Å². The number of hydrogen-bond donors (Lipinski definition) is 2. The predicted molar refractivity (Wildman–Crippen MR) is 82.2 cm³/mol. The third-order valence-corrected chi connectivity index (χ3v) is 4.19. The SMILES string of the molecule is CCC(CC)N(CCCC(C)(NC)C(=O)O)CCOC. The zero-order valence-corrected chi connectivity index (χ0v) is 13.7. The fourth-order valence-corrected chi connectivity index (χ4v) is 2.47. The van der Waals surface area contributed by atoms with Crippen LogP contribution in [0, 0.1) is 0 Å². The number of nitrogens with zero attached hydrogens (tertiary/aromatic N) is 1. The molecular weight excluding hydrogens is 256 g/mol. The molecule has 0 heterocycles. The summed E-state index contributed by atoms with van der Waals surface area (Å²) in [5.41, 5.74) is -0.832. The highest BCUT2D eigenvalue weighted by Crippen LogP contribution is 2.15. The van der Waals surface area contributed by atoms with E-state index in [0.29, 0.717) is 12.5 Å². The lowest BCUT2D eigenvalue weighted by Gasteiger charge is -2.31. The van der Waals surface area contributed by atoms with Gasteiger partial charge in [0.2, 0.25) is 0 Å². The highest BCUT2D eigenvalue weighted by atomic mass is 16.5. The average molecular weight is 288 g/mol. The smallest absolute Gasteiger partial charge is 0.323 e. The van der Waals surface area contributed by atoms with Crippen molar-refractivity contribution < 1.29 is 14.6 Å². The summed E-state index contributed by atoms with van der Waals surface area (Å²) in [6, 6.07) is 0.552. The summed E-state index contributed by atoms with van der Waals surface area (Å²) in [5, 5.41) is 12.2. The van der Waals surface area contributed by atoms with Gasteiger partial charge < -0.3 is 15.2 Å². The molecule has 0 rings (SSSR count). The second-order valence-corrected chi connectivity index (χ2v) is 5.49. The van der Waals surface area contributed by atoms with Crippen LogP contribution in [0.1, 0.15) is 46.5 Å². The number of ether oxygens (including phenoxy) is 1. The Bertz CT molecular complexity index is 270. The van der Waals surface area contributed by atoms with Crippen molar-refractivity contribution in [2.45, 2.75) is 58.0 Å². The molecule has 0 radical (unpaired) electrons. The van der Waals surface area contributed by atoms with Crippen LogP contribution in [-0.4, -0.2) is 61.4 Å². The summed E-state index contributed by atoms with van der Waals surface area (Å²) in [7, 11) is 3.42. The van der Waals surface area contributed by atoms with Crippen molar-refractivity contribution in [3.05, 3.63) is 0 Å². The average Bonchev–Trinajstić information content (AvgIpc) is 2.44. The van der Waals surface area contributed by atoms with E-state index in [1.807, 2.05) is 0 Å². The van der Waals surface area contributed by atoms with Crippen molar-refractivity contribution in [3.63, 3.8) is 0 Å². The molecular formula is C15H32N2O3. The topological polar surface area (TPSA) is 61.8 Å². The van der Waals surface area contributed by atoms with Crippen LogP contribution in [0.4, 0.5) is 0 Å². The normalized spacial score (nSPS) is 14.8. The molecule has 120 valence electrons. The monoisotopic (exact) mass is 288 g/mol. The van der Waals surface area contributed by atoms with E-state index in [-0.39, 0.29) is 0 Å². The zero-order valence-electron chi connectivity index (χ0n) is 13.7. The number of carbonyl (C=O) groups is 1. The van der Waals surface area contributed by atoms with Gasteiger partial charge in [-0.15, -0.1) is 0 Å². The molecule has 2 N–H and O–H groups in total. The molecule has 0 aliphatic rings. The van der Waals surface area contributed by atoms with Gasteiger partial charge in [0.1, 0.15) is 5.54 Å². The molecule has 5 heteroatoms. The quantitative estimate of drug-likeness (QED) is 0.575. The summed E-state index contributed by atoms with van der Waals surface area (Å²) >= 11 is 0. The third-order valence-electron chi connectivity index (χ3n) is 4.19. The summed E-state index contributed by atoms with van der Waals surface area (Å²) in [6.45, 7) is 8.68. The van der Waals surface area contributed by atoms with E-state index in [2.05, 4.69) is 24.1 Å². The Labute approximate surface area is 123 Å². The number of carboxylic acid groups (broad SMARTS) is 1. The van der Waals surface area contributed by atoms with Crippen LogP contribution < -0.4 is 5.32 Å². The van der Waals surface area contributed by atoms with Crippen molar-refractivity contribution in [2.75, 3.05) is 33.9 Å². The molecule has 0 aromatic rings. The molecule has 0 aliphatic heterocycles. The molecule has 0 aromatic heterocycles. The van der Waals surface area contributed by atoms with Gasteiger partial charge in [0, 0.05) is 19.7 Å². The Morgan fingerprint density at radius 3 is 2.35 bits per heavy atom. The fraction of sp³-hybridized carbons (Fsp3) is 0.933. The molecule has 20 heavy (non-hydrogen) atoms. The maximum Gasteiger partial charge on any atom is 0.323 e. The maximum atomic E-state index is 11.3. The van der Waals surface area contributed by atoms with Crippen LogP contribution in [0.3, 0.4) is 0 Å². The van der Waals surface area contributed by atoms with Gasteiger partial charge in [0.15, 0.2) is 0 Å². The maximum absolute atomic E-state index is 11.3. The van der Waals surface area contributed by atoms with Gasteiger partial charge in [-0.2, -0.15) is 0 Å². The lowest BCUT2D eigenvalue weighted by Crippen LogP contribution is -2.48. The molecule has 1 unspecified atom stereocenters. The first-order chi connectivity index (χ1) is 9.45. The number of rotatable bonds is 12. The minimum Gasteiger partial charge on any atom is -0.480 e. The minimum absolute atomic E-state index is 0.552. The first-order valence-corrected chi connectivity index (χ1v) is 7.60. The van der Waals surface area contributed by atoms with Gasteiger partial charge >= 0.3 is 5.97 Å². The number of methoxy groups -OCH3 is 1. The van der Waals surface area contributed by atoms with Gasteiger partial charge in [-0.05, 0) is 46.2 Å². The van der Waals surface area contributed by atoms with E-state index in [1.54, 1.807) is 21.1 Å². The van der Waals surface area contributed by atoms with E-state index in [4.69, 9.17) is 4.74 Å². The van der Waals surface area contributed by atoms with Gasteiger partial charge in [-0.3, -0.25) is 9.69 Å². The second kappa shape index (κ2) is 10.1. The Hall–Kier alpha value is -0.650. The highest BCUT2D eigenvalue weighted by molar-refractivity contribution is 5.78. The van der Waals surface area contributed by atoms with Crippen LogP contribution in [0.5, 0.6) is 0 Å². The molecule has 5 nitrogen and oxygen atoms in total. The van der Waals surface area contributed by atoms with Crippen molar-refractivity contribution in [1.29, 1.82) is 0 Å². The lowest BCUT2D eigenvalue weighted by atomic mass is 9.96. The summed E-state index contributed by atoms with van der Waals surface area (Å²) in [5.74, 6) is -0.786. The van der Waals surface area contributed by atoms with Crippen molar-refractivity contribution >= 4 is 5.97 Å². The Kier molecular flexibility index (Phi) is 9.80. The summed E-state index contributed by atoms with van der Waals surface area (Å²) < 4.78 is 5.17. The number of aliphatic carboxylic acids is 1. The lowest BCUT2D eigenvalue weighted by molar-refractivity contribution is -0.144. The predicted octanol–water partition coefficient (Wildman–Crippen LogP) is 1.97. The van der Waals surface area contributed by atoms with E-state index >= 15 is 0 Å². The summed E-state index contributed by atoms with van der Waals surface area (Å²) in [6.07, 6.45) is 3.72. The number of hydrogen-bond acceptors (Lipinski definition) is 4. The van der Waals surface area contributed by atoms with Gasteiger partial charge in [-0.25, -0.2) is 0 Å². The second-order valence-electron chi connectivity index (χ2n) is 5.49. The van der Waals surface area contributed by atoms with Crippen LogP contribution in [-0.2, 0) is 9.53 Å². The molecule has 0 aromatic carbocycles. The Balaban J connectivity index is 4.41. The van der Waals surface area contributed by atoms with E-state index in [0.717, 1.165) is 39.0 Å². The first-order valence-electron chi connectivity index (χ1n) is 7.60. The van der Waals surface area contributed by atoms with Crippen LogP contribution in [0.2, 0.25) is 0 Å². The molecule has 0 amide bonds. The molecule has 0 bridgehead atoms.